The molecule has 0 aliphatic heterocycles. The first-order valence-electron chi connectivity index (χ1n) is 5.48. The first-order valence-corrected chi connectivity index (χ1v) is 6.27. The van der Waals surface area contributed by atoms with E-state index in [1.54, 1.807) is 0 Å². The van der Waals surface area contributed by atoms with Gasteiger partial charge in [0.1, 0.15) is 0 Å². The molecule has 3 heteroatoms. The van der Waals surface area contributed by atoms with Crippen molar-refractivity contribution < 1.29 is 0 Å². The van der Waals surface area contributed by atoms with Gasteiger partial charge in [0.15, 0.2) is 0 Å². The summed E-state index contributed by atoms with van der Waals surface area (Å²) in [6.45, 7) is 1.79. The first kappa shape index (κ1) is 11.6. The highest BCUT2D eigenvalue weighted by Crippen LogP contribution is 2.45. The molecule has 0 amide bonds. The highest BCUT2D eigenvalue weighted by atomic mass is 79.9. The summed E-state index contributed by atoms with van der Waals surface area (Å²) < 4.78 is 1.11. The van der Waals surface area contributed by atoms with E-state index in [1.165, 1.54) is 5.56 Å². The Hall–Kier alpha value is -0.850. The highest BCUT2D eigenvalue weighted by Gasteiger charge is 2.43. The molecule has 1 saturated carbocycles. The van der Waals surface area contributed by atoms with Crippen LogP contribution in [0.1, 0.15) is 18.4 Å². The Morgan fingerprint density at radius 2 is 2.25 bits per heavy atom. The summed E-state index contributed by atoms with van der Waals surface area (Å²) in [5.41, 5.74) is 1.24. The van der Waals surface area contributed by atoms with Gasteiger partial charge in [0.2, 0.25) is 0 Å². The smallest absolute Gasteiger partial charge is 0.0703 e. The van der Waals surface area contributed by atoms with E-state index in [4.69, 9.17) is 5.26 Å². The minimum absolute atomic E-state index is 0.0409. The van der Waals surface area contributed by atoms with Crippen molar-refractivity contribution in [3.8, 4) is 6.07 Å². The number of hydrogen-bond donors (Lipinski definition) is 0. The Bertz CT molecular complexity index is 418. The normalized spacial score (nSPS) is 17.1. The molecule has 0 heterocycles. The standard InChI is InChI=1S/C13H15BrN2/c1-16(10-13(9-15)5-6-13)8-11-3-2-4-12(14)7-11/h2-4,7H,5-6,8,10H2,1H3. The molecule has 0 saturated heterocycles. The SMILES string of the molecule is CN(Cc1cccc(Br)c1)CC1(C#N)CC1. The first-order chi connectivity index (χ1) is 7.63. The van der Waals surface area contributed by atoms with Gasteiger partial charge in [-0.05, 0) is 37.6 Å². The molecule has 1 aliphatic carbocycles. The molecule has 1 aromatic rings. The summed E-state index contributed by atoms with van der Waals surface area (Å²) in [5, 5.41) is 9.03. The zero-order chi connectivity index (χ0) is 11.6. The average molecular weight is 279 g/mol. The van der Waals surface area contributed by atoms with Crippen LogP contribution in [-0.2, 0) is 6.54 Å². The topological polar surface area (TPSA) is 27.0 Å². The molecule has 16 heavy (non-hydrogen) atoms. The number of nitriles is 1. The molecule has 0 bridgehead atoms. The summed E-state index contributed by atoms with van der Waals surface area (Å²) in [6, 6.07) is 10.8. The van der Waals surface area contributed by atoms with Crippen LogP contribution in [0.4, 0.5) is 0 Å². The van der Waals surface area contributed by atoms with Crippen LogP contribution in [0.2, 0.25) is 0 Å². The van der Waals surface area contributed by atoms with Crippen LogP contribution in [0.15, 0.2) is 28.7 Å². The van der Waals surface area contributed by atoms with Gasteiger partial charge in [-0.15, -0.1) is 0 Å². The van der Waals surface area contributed by atoms with Crippen molar-refractivity contribution in [2.75, 3.05) is 13.6 Å². The minimum atomic E-state index is -0.0409. The van der Waals surface area contributed by atoms with Gasteiger partial charge in [-0.25, -0.2) is 0 Å². The van der Waals surface area contributed by atoms with E-state index in [9.17, 15) is 0 Å². The van der Waals surface area contributed by atoms with E-state index in [0.29, 0.717) is 0 Å². The fourth-order valence-electron chi connectivity index (χ4n) is 1.98. The molecule has 2 rings (SSSR count). The van der Waals surface area contributed by atoms with E-state index in [0.717, 1.165) is 30.4 Å². The summed E-state index contributed by atoms with van der Waals surface area (Å²) in [5.74, 6) is 0. The molecule has 2 nitrogen and oxygen atoms in total. The molecular weight excluding hydrogens is 264 g/mol. The second kappa shape index (κ2) is 4.57. The number of hydrogen-bond acceptors (Lipinski definition) is 2. The molecule has 0 spiro atoms. The molecule has 0 unspecified atom stereocenters. The maximum atomic E-state index is 9.03. The van der Waals surface area contributed by atoms with Crippen molar-refractivity contribution in [3.05, 3.63) is 34.3 Å². The predicted octanol–water partition coefficient (Wildman–Crippen LogP) is 3.18. The minimum Gasteiger partial charge on any atom is -0.301 e. The summed E-state index contributed by atoms with van der Waals surface area (Å²) >= 11 is 3.47. The van der Waals surface area contributed by atoms with Crippen LogP contribution in [-0.4, -0.2) is 18.5 Å². The van der Waals surface area contributed by atoms with Crippen LogP contribution >= 0.6 is 15.9 Å². The molecule has 1 aliphatic rings. The Morgan fingerprint density at radius 3 is 2.81 bits per heavy atom. The van der Waals surface area contributed by atoms with Gasteiger partial charge in [-0.3, -0.25) is 0 Å². The lowest BCUT2D eigenvalue weighted by Gasteiger charge is -2.19. The van der Waals surface area contributed by atoms with Gasteiger partial charge >= 0.3 is 0 Å². The zero-order valence-electron chi connectivity index (χ0n) is 9.41. The second-order valence-corrected chi connectivity index (χ2v) is 5.61. The van der Waals surface area contributed by atoms with Crippen molar-refractivity contribution in [3.63, 3.8) is 0 Å². The lowest BCUT2D eigenvalue weighted by atomic mass is 10.1. The van der Waals surface area contributed by atoms with E-state index >= 15 is 0 Å². The fourth-order valence-corrected chi connectivity index (χ4v) is 2.42. The highest BCUT2D eigenvalue weighted by molar-refractivity contribution is 9.10. The number of benzene rings is 1. The van der Waals surface area contributed by atoms with Crippen molar-refractivity contribution in [1.82, 2.24) is 4.90 Å². The fraction of sp³-hybridized carbons (Fsp3) is 0.462. The lowest BCUT2D eigenvalue weighted by Crippen LogP contribution is -2.25. The summed E-state index contributed by atoms with van der Waals surface area (Å²) in [4.78, 5) is 2.23. The third kappa shape index (κ3) is 2.84. The molecular formula is C13H15BrN2. The van der Waals surface area contributed by atoms with E-state index in [-0.39, 0.29) is 5.41 Å². The second-order valence-electron chi connectivity index (χ2n) is 4.69. The Labute approximate surface area is 105 Å². The van der Waals surface area contributed by atoms with Gasteiger partial charge in [0, 0.05) is 17.6 Å². The Balaban J connectivity index is 1.93. The van der Waals surface area contributed by atoms with Crippen LogP contribution < -0.4 is 0 Å². The largest absolute Gasteiger partial charge is 0.301 e. The van der Waals surface area contributed by atoms with Gasteiger partial charge in [-0.2, -0.15) is 5.26 Å². The van der Waals surface area contributed by atoms with Crippen LogP contribution in [0, 0.1) is 16.7 Å². The van der Waals surface area contributed by atoms with Crippen LogP contribution in [0.25, 0.3) is 0 Å². The van der Waals surface area contributed by atoms with E-state index < -0.39 is 0 Å². The van der Waals surface area contributed by atoms with Gasteiger partial charge in [-0.1, -0.05) is 28.1 Å². The van der Waals surface area contributed by atoms with Crippen molar-refractivity contribution >= 4 is 15.9 Å². The number of nitrogens with zero attached hydrogens (tertiary/aromatic N) is 2. The predicted molar refractivity (Wildman–Crippen MR) is 67.8 cm³/mol. The third-order valence-electron chi connectivity index (χ3n) is 3.00. The molecule has 0 N–H and O–H groups in total. The Morgan fingerprint density at radius 1 is 1.50 bits per heavy atom. The molecule has 1 fully saturated rings. The molecule has 0 atom stereocenters. The van der Waals surface area contributed by atoms with Crippen LogP contribution in [0.3, 0.4) is 0 Å². The Kier molecular flexibility index (Phi) is 3.32. The van der Waals surface area contributed by atoms with Crippen molar-refractivity contribution in [2.24, 2.45) is 5.41 Å². The maximum absolute atomic E-state index is 9.03. The molecule has 0 aromatic heterocycles. The van der Waals surface area contributed by atoms with Crippen molar-refractivity contribution in [1.29, 1.82) is 5.26 Å². The lowest BCUT2D eigenvalue weighted by molar-refractivity contribution is 0.286. The molecule has 0 radical (unpaired) electrons. The van der Waals surface area contributed by atoms with Gasteiger partial charge in [0.25, 0.3) is 0 Å². The van der Waals surface area contributed by atoms with Crippen molar-refractivity contribution in [2.45, 2.75) is 19.4 Å². The monoisotopic (exact) mass is 278 g/mol. The quantitative estimate of drug-likeness (QED) is 0.846. The van der Waals surface area contributed by atoms with E-state index in [1.807, 2.05) is 12.1 Å². The maximum Gasteiger partial charge on any atom is 0.0703 e. The third-order valence-corrected chi connectivity index (χ3v) is 3.50. The van der Waals surface area contributed by atoms with Gasteiger partial charge < -0.3 is 4.90 Å². The average Bonchev–Trinajstić information content (AvgIpc) is 2.98. The zero-order valence-corrected chi connectivity index (χ0v) is 11.0. The summed E-state index contributed by atoms with van der Waals surface area (Å²) in [6.07, 6.45) is 2.12. The van der Waals surface area contributed by atoms with Gasteiger partial charge in [0.05, 0.1) is 11.5 Å². The molecule has 84 valence electrons. The number of rotatable bonds is 4. The van der Waals surface area contributed by atoms with E-state index in [2.05, 4.69) is 46.1 Å². The van der Waals surface area contributed by atoms with Crippen LogP contribution in [0.5, 0.6) is 0 Å². The molecule has 1 aromatic carbocycles. The number of halogens is 1. The summed E-state index contributed by atoms with van der Waals surface area (Å²) in [7, 11) is 2.08.